The fourth-order valence-electron chi connectivity index (χ4n) is 1.41. The molecule has 1 aromatic rings. The van der Waals surface area contributed by atoms with Crippen LogP contribution in [0, 0.1) is 6.92 Å². The maximum atomic E-state index is 11.5. The normalized spacial score (nSPS) is 9.74. The lowest BCUT2D eigenvalue weighted by Gasteiger charge is -2.07. The van der Waals surface area contributed by atoms with Gasteiger partial charge in [0.25, 0.3) is 0 Å². The highest BCUT2D eigenvalue weighted by atomic mass is 16.4. The van der Waals surface area contributed by atoms with Crippen molar-refractivity contribution < 1.29 is 19.5 Å². The fraction of sp³-hybridized carbons (Fsp3) is 0.308. The summed E-state index contributed by atoms with van der Waals surface area (Å²) in [5.41, 5.74) is 1.64. The lowest BCUT2D eigenvalue weighted by Crippen LogP contribution is -2.33. The van der Waals surface area contributed by atoms with Crippen LogP contribution in [-0.4, -0.2) is 29.4 Å². The Morgan fingerprint density at radius 3 is 2.58 bits per heavy atom. The Morgan fingerprint density at radius 1 is 1.21 bits per heavy atom. The molecule has 0 bridgehead atoms. The summed E-state index contributed by atoms with van der Waals surface area (Å²) >= 11 is 0. The minimum Gasteiger partial charge on any atom is -0.481 e. The number of hydrogen-bond donors (Lipinski definition) is 3. The predicted molar refractivity (Wildman–Crippen MR) is 70.1 cm³/mol. The maximum absolute atomic E-state index is 11.5. The molecule has 1 aromatic carbocycles. The zero-order valence-electron chi connectivity index (χ0n) is 10.6. The molecule has 102 valence electrons. The minimum absolute atomic E-state index is 0.0833. The quantitative estimate of drug-likeness (QED) is 0.726. The van der Waals surface area contributed by atoms with Crippen molar-refractivity contribution in [1.82, 2.24) is 5.32 Å². The van der Waals surface area contributed by atoms with Gasteiger partial charge in [-0.15, -0.1) is 0 Å². The SMILES string of the molecule is Cc1cccc(NC(=O)NCC(=O)CCC(=O)O)c1. The van der Waals surface area contributed by atoms with Crippen molar-refractivity contribution in [3.63, 3.8) is 0 Å². The van der Waals surface area contributed by atoms with Crippen LogP contribution >= 0.6 is 0 Å². The van der Waals surface area contributed by atoms with E-state index in [0.717, 1.165) is 5.56 Å². The van der Waals surface area contributed by atoms with Crippen molar-refractivity contribution in [2.24, 2.45) is 0 Å². The van der Waals surface area contributed by atoms with Crippen LogP contribution in [-0.2, 0) is 9.59 Å². The van der Waals surface area contributed by atoms with Crippen molar-refractivity contribution >= 4 is 23.5 Å². The summed E-state index contributed by atoms with van der Waals surface area (Å²) in [5.74, 6) is -1.35. The number of benzene rings is 1. The van der Waals surface area contributed by atoms with Gasteiger partial charge in [0.15, 0.2) is 5.78 Å². The van der Waals surface area contributed by atoms with Gasteiger partial charge in [-0.05, 0) is 24.6 Å². The number of aryl methyl sites for hydroxylation is 1. The number of amides is 2. The van der Waals surface area contributed by atoms with Gasteiger partial charge in [-0.2, -0.15) is 0 Å². The second kappa shape index (κ2) is 7.15. The number of Topliss-reactive ketones (excluding diaryl/α,β-unsaturated/α-hetero) is 1. The van der Waals surface area contributed by atoms with Gasteiger partial charge in [-0.1, -0.05) is 12.1 Å². The van der Waals surface area contributed by atoms with Gasteiger partial charge in [0.1, 0.15) is 0 Å². The minimum atomic E-state index is -1.03. The number of carbonyl (C=O) groups excluding carboxylic acids is 2. The van der Waals surface area contributed by atoms with E-state index in [2.05, 4.69) is 10.6 Å². The first-order chi connectivity index (χ1) is 8.97. The Hall–Kier alpha value is -2.37. The summed E-state index contributed by atoms with van der Waals surface area (Å²) in [4.78, 5) is 33.0. The van der Waals surface area contributed by atoms with Crippen molar-refractivity contribution in [3.05, 3.63) is 29.8 Å². The van der Waals surface area contributed by atoms with Crippen LogP contribution in [0.1, 0.15) is 18.4 Å². The van der Waals surface area contributed by atoms with Crippen molar-refractivity contribution in [3.8, 4) is 0 Å². The van der Waals surface area contributed by atoms with E-state index in [1.165, 1.54) is 0 Å². The molecule has 3 N–H and O–H groups in total. The number of rotatable bonds is 6. The van der Waals surface area contributed by atoms with Gasteiger partial charge < -0.3 is 15.7 Å². The first-order valence-corrected chi connectivity index (χ1v) is 5.82. The summed E-state index contributed by atoms with van der Waals surface area (Å²) in [6.07, 6.45) is -0.305. The van der Waals surface area contributed by atoms with Crippen LogP contribution in [0.3, 0.4) is 0 Å². The Kier molecular flexibility index (Phi) is 5.53. The Labute approximate surface area is 110 Å². The van der Waals surface area contributed by atoms with E-state index in [1.54, 1.807) is 12.1 Å². The second-order valence-electron chi connectivity index (χ2n) is 4.11. The highest BCUT2D eigenvalue weighted by Crippen LogP contribution is 2.08. The Balaban J connectivity index is 2.32. The van der Waals surface area contributed by atoms with Crippen LogP contribution in [0.25, 0.3) is 0 Å². The first-order valence-electron chi connectivity index (χ1n) is 5.82. The van der Waals surface area contributed by atoms with Gasteiger partial charge in [0, 0.05) is 12.1 Å². The molecule has 0 atom stereocenters. The Morgan fingerprint density at radius 2 is 1.95 bits per heavy atom. The van der Waals surface area contributed by atoms with Crippen LogP contribution in [0.4, 0.5) is 10.5 Å². The standard InChI is InChI=1S/C13H16N2O4/c1-9-3-2-4-10(7-9)15-13(19)14-8-11(16)5-6-12(17)18/h2-4,7H,5-6,8H2,1H3,(H,17,18)(H2,14,15,19). The van der Waals surface area contributed by atoms with Crippen LogP contribution < -0.4 is 10.6 Å². The van der Waals surface area contributed by atoms with Crippen LogP contribution in [0.15, 0.2) is 24.3 Å². The van der Waals surface area contributed by atoms with E-state index in [-0.39, 0.29) is 25.2 Å². The van der Waals surface area contributed by atoms with Crippen molar-refractivity contribution in [2.75, 3.05) is 11.9 Å². The number of carboxylic acid groups (broad SMARTS) is 1. The third-order valence-electron chi connectivity index (χ3n) is 2.34. The van der Waals surface area contributed by atoms with E-state index in [4.69, 9.17) is 5.11 Å². The van der Waals surface area contributed by atoms with Crippen LogP contribution in [0.2, 0.25) is 0 Å². The molecule has 0 aliphatic heterocycles. The van der Waals surface area contributed by atoms with Gasteiger partial charge in [0.05, 0.1) is 13.0 Å². The van der Waals surface area contributed by atoms with Gasteiger partial charge in [0.2, 0.25) is 0 Å². The van der Waals surface area contributed by atoms with Crippen molar-refractivity contribution in [2.45, 2.75) is 19.8 Å². The van der Waals surface area contributed by atoms with E-state index in [0.29, 0.717) is 5.69 Å². The number of ketones is 1. The third kappa shape index (κ3) is 6.21. The van der Waals surface area contributed by atoms with E-state index >= 15 is 0 Å². The molecule has 6 nitrogen and oxygen atoms in total. The number of carboxylic acids is 1. The zero-order valence-corrected chi connectivity index (χ0v) is 10.6. The molecule has 0 aliphatic rings. The third-order valence-corrected chi connectivity index (χ3v) is 2.34. The fourth-order valence-corrected chi connectivity index (χ4v) is 1.41. The van der Waals surface area contributed by atoms with E-state index < -0.39 is 12.0 Å². The molecule has 0 fully saturated rings. The monoisotopic (exact) mass is 264 g/mol. The number of hydrogen-bond acceptors (Lipinski definition) is 3. The molecule has 0 heterocycles. The molecule has 0 unspecified atom stereocenters. The number of carbonyl (C=O) groups is 3. The number of aliphatic carboxylic acids is 1. The zero-order chi connectivity index (χ0) is 14.3. The number of anilines is 1. The molecule has 6 heteroatoms. The molecular weight excluding hydrogens is 248 g/mol. The molecule has 0 aromatic heterocycles. The molecule has 1 rings (SSSR count). The first kappa shape index (κ1) is 14.7. The van der Waals surface area contributed by atoms with Crippen LogP contribution in [0.5, 0.6) is 0 Å². The molecule has 0 aliphatic carbocycles. The van der Waals surface area contributed by atoms with E-state index in [1.807, 2.05) is 19.1 Å². The average molecular weight is 264 g/mol. The molecule has 19 heavy (non-hydrogen) atoms. The maximum Gasteiger partial charge on any atom is 0.319 e. The molecule has 2 amide bonds. The summed E-state index contributed by atoms with van der Waals surface area (Å²) in [7, 11) is 0. The highest BCUT2D eigenvalue weighted by molar-refractivity contribution is 5.93. The summed E-state index contributed by atoms with van der Waals surface area (Å²) in [6, 6.07) is 6.75. The lowest BCUT2D eigenvalue weighted by atomic mass is 10.2. The number of urea groups is 1. The molecule has 0 saturated carbocycles. The van der Waals surface area contributed by atoms with Gasteiger partial charge >= 0.3 is 12.0 Å². The number of nitrogens with one attached hydrogen (secondary N) is 2. The van der Waals surface area contributed by atoms with Crippen molar-refractivity contribution in [1.29, 1.82) is 0 Å². The smallest absolute Gasteiger partial charge is 0.319 e. The van der Waals surface area contributed by atoms with Gasteiger partial charge in [-0.3, -0.25) is 9.59 Å². The lowest BCUT2D eigenvalue weighted by molar-refractivity contribution is -0.138. The summed E-state index contributed by atoms with van der Waals surface area (Å²) in [5, 5.41) is 13.4. The molecular formula is C13H16N2O4. The predicted octanol–water partition coefficient (Wildman–Crippen LogP) is 1.55. The largest absolute Gasteiger partial charge is 0.481 e. The topological polar surface area (TPSA) is 95.5 Å². The Bertz CT molecular complexity index is 485. The molecule has 0 spiro atoms. The summed E-state index contributed by atoms with van der Waals surface area (Å²) < 4.78 is 0. The highest BCUT2D eigenvalue weighted by Gasteiger charge is 2.07. The molecule has 0 saturated heterocycles. The van der Waals surface area contributed by atoms with E-state index in [9.17, 15) is 14.4 Å². The second-order valence-corrected chi connectivity index (χ2v) is 4.11. The average Bonchev–Trinajstić information content (AvgIpc) is 2.34. The molecule has 0 radical (unpaired) electrons. The van der Waals surface area contributed by atoms with Gasteiger partial charge in [-0.25, -0.2) is 4.79 Å². The summed E-state index contributed by atoms with van der Waals surface area (Å²) in [6.45, 7) is 1.73.